The second-order valence-corrected chi connectivity index (χ2v) is 7.35. The topological polar surface area (TPSA) is 72.9 Å². The fourth-order valence-corrected chi connectivity index (χ4v) is 3.50. The van der Waals surface area contributed by atoms with Gasteiger partial charge in [-0.15, -0.1) is 0 Å². The van der Waals surface area contributed by atoms with Gasteiger partial charge in [-0.3, -0.25) is 4.79 Å². The molecule has 0 unspecified atom stereocenters. The van der Waals surface area contributed by atoms with Crippen LogP contribution < -0.4 is 10.1 Å². The van der Waals surface area contributed by atoms with E-state index in [1.54, 1.807) is 12.1 Å². The Kier molecular flexibility index (Phi) is 4.84. The minimum absolute atomic E-state index is 0.174. The van der Waals surface area contributed by atoms with Crippen molar-refractivity contribution in [3.05, 3.63) is 102 Å². The first-order valence-electron chi connectivity index (χ1n) is 10.0. The van der Waals surface area contributed by atoms with Crippen LogP contribution in [0.4, 0.5) is 0 Å². The van der Waals surface area contributed by atoms with E-state index in [1.807, 2.05) is 83.0 Å². The third-order valence-corrected chi connectivity index (χ3v) is 5.05. The Labute approximate surface area is 179 Å². The van der Waals surface area contributed by atoms with E-state index >= 15 is 0 Å². The van der Waals surface area contributed by atoms with Crippen molar-refractivity contribution < 1.29 is 9.53 Å². The number of ether oxygens (including phenoxy) is 1. The first kappa shape index (κ1) is 18.9. The van der Waals surface area contributed by atoms with Crippen LogP contribution in [0.1, 0.15) is 27.3 Å². The number of imidazole rings is 2. The summed E-state index contributed by atoms with van der Waals surface area (Å²) in [6.45, 7) is 2.70. The number of nitrogens with one attached hydrogen (secondary N) is 1. The number of hydrogen-bond donors (Lipinski definition) is 1. The summed E-state index contributed by atoms with van der Waals surface area (Å²) in [5.74, 6) is 0.444. The van der Waals surface area contributed by atoms with Crippen LogP contribution in [0.3, 0.4) is 0 Å². The predicted octanol–water partition coefficient (Wildman–Crippen LogP) is 3.80. The maximum atomic E-state index is 12.6. The molecule has 0 fully saturated rings. The van der Waals surface area contributed by atoms with E-state index in [0.717, 1.165) is 28.2 Å². The highest BCUT2D eigenvalue weighted by molar-refractivity contribution is 5.94. The van der Waals surface area contributed by atoms with Crippen LogP contribution in [0.15, 0.2) is 79.4 Å². The highest BCUT2D eigenvalue weighted by Gasteiger charge is 2.10. The molecule has 154 valence electrons. The number of aryl methyl sites for hydroxylation is 1. The average molecular weight is 411 g/mol. The van der Waals surface area contributed by atoms with Crippen LogP contribution in [-0.4, -0.2) is 24.7 Å². The monoisotopic (exact) mass is 411 g/mol. The molecule has 7 nitrogen and oxygen atoms in total. The van der Waals surface area contributed by atoms with Crippen LogP contribution in [0, 0.1) is 6.92 Å². The molecule has 0 saturated carbocycles. The molecule has 1 amide bonds. The average Bonchev–Trinajstić information content (AvgIpc) is 3.40. The SMILES string of the molecule is Cc1cccn2cc(CNC(=O)c3cccc(OCc4cn5ccccc5n4)c3)nc12. The highest BCUT2D eigenvalue weighted by Crippen LogP contribution is 2.16. The number of rotatable bonds is 6. The standard InChI is InChI=1S/C24H21N5O2/c1-17-6-5-11-29-14-19(27-23(17)29)13-25-24(30)18-7-4-8-21(12-18)31-16-20-15-28-10-3-2-9-22(28)26-20/h2-12,14-15H,13,16H2,1H3,(H,25,30). The number of fused-ring (bicyclic) bond motifs is 2. The maximum Gasteiger partial charge on any atom is 0.251 e. The molecular formula is C24H21N5O2. The molecule has 0 bridgehead atoms. The molecule has 4 heterocycles. The molecule has 31 heavy (non-hydrogen) atoms. The molecule has 1 N–H and O–H groups in total. The van der Waals surface area contributed by atoms with Crippen LogP contribution in [0.2, 0.25) is 0 Å². The Bertz CT molecular complexity index is 1350. The van der Waals surface area contributed by atoms with Crippen LogP contribution in [0.5, 0.6) is 5.75 Å². The zero-order chi connectivity index (χ0) is 21.2. The lowest BCUT2D eigenvalue weighted by Crippen LogP contribution is -2.22. The molecule has 1 aromatic carbocycles. The molecule has 7 heteroatoms. The summed E-state index contributed by atoms with van der Waals surface area (Å²) in [6, 6.07) is 17.0. The van der Waals surface area contributed by atoms with Gasteiger partial charge < -0.3 is 18.9 Å². The summed E-state index contributed by atoms with van der Waals surface area (Å²) in [4.78, 5) is 21.7. The molecule has 5 rings (SSSR count). The molecule has 5 aromatic rings. The zero-order valence-corrected chi connectivity index (χ0v) is 17.0. The third kappa shape index (κ3) is 3.98. The summed E-state index contributed by atoms with van der Waals surface area (Å²) in [5, 5.41) is 2.93. The smallest absolute Gasteiger partial charge is 0.251 e. The van der Waals surface area contributed by atoms with E-state index in [0.29, 0.717) is 24.5 Å². The van der Waals surface area contributed by atoms with Gasteiger partial charge in [0.25, 0.3) is 5.91 Å². The number of aromatic nitrogens is 4. The van der Waals surface area contributed by atoms with Gasteiger partial charge in [-0.1, -0.05) is 18.2 Å². The molecule has 0 spiro atoms. The Morgan fingerprint density at radius 1 is 0.968 bits per heavy atom. The van der Waals surface area contributed by atoms with Gasteiger partial charge in [0.15, 0.2) is 0 Å². The van der Waals surface area contributed by atoms with Crippen molar-refractivity contribution in [3.8, 4) is 5.75 Å². The van der Waals surface area contributed by atoms with E-state index in [1.165, 1.54) is 0 Å². The third-order valence-electron chi connectivity index (χ3n) is 5.05. The van der Waals surface area contributed by atoms with E-state index < -0.39 is 0 Å². The molecule has 0 saturated heterocycles. The Hall–Kier alpha value is -4.13. The number of nitrogens with zero attached hydrogens (tertiary/aromatic N) is 4. The lowest BCUT2D eigenvalue weighted by Gasteiger charge is -2.07. The van der Waals surface area contributed by atoms with Crippen molar-refractivity contribution in [1.82, 2.24) is 24.1 Å². The Balaban J connectivity index is 1.23. The number of amides is 1. The Morgan fingerprint density at radius 2 is 1.84 bits per heavy atom. The fraction of sp³-hybridized carbons (Fsp3) is 0.125. The van der Waals surface area contributed by atoms with Crippen LogP contribution in [0.25, 0.3) is 11.3 Å². The quantitative estimate of drug-likeness (QED) is 0.461. The fourth-order valence-electron chi connectivity index (χ4n) is 3.50. The van der Waals surface area contributed by atoms with Crippen LogP contribution >= 0.6 is 0 Å². The van der Waals surface area contributed by atoms with E-state index in [-0.39, 0.29) is 5.91 Å². The maximum absolute atomic E-state index is 12.6. The number of pyridine rings is 2. The van der Waals surface area contributed by atoms with Crippen LogP contribution in [-0.2, 0) is 13.2 Å². The number of hydrogen-bond acceptors (Lipinski definition) is 4. The van der Waals surface area contributed by atoms with Gasteiger partial charge in [-0.05, 0) is 48.9 Å². The Morgan fingerprint density at radius 3 is 2.71 bits per heavy atom. The summed E-state index contributed by atoms with van der Waals surface area (Å²) in [5.41, 5.74) is 5.03. The molecular weight excluding hydrogens is 390 g/mol. The summed E-state index contributed by atoms with van der Waals surface area (Å²) < 4.78 is 9.77. The normalized spacial score (nSPS) is 11.1. The first-order valence-corrected chi connectivity index (χ1v) is 10.0. The molecule has 0 aliphatic heterocycles. The molecule has 4 aromatic heterocycles. The van der Waals surface area contributed by atoms with Crippen molar-refractivity contribution in [1.29, 1.82) is 0 Å². The lowest BCUT2D eigenvalue weighted by molar-refractivity contribution is 0.0950. The summed E-state index contributed by atoms with van der Waals surface area (Å²) in [7, 11) is 0. The number of benzene rings is 1. The van der Waals surface area contributed by atoms with Gasteiger partial charge in [-0.25, -0.2) is 9.97 Å². The van der Waals surface area contributed by atoms with Gasteiger partial charge >= 0.3 is 0 Å². The highest BCUT2D eigenvalue weighted by atomic mass is 16.5. The lowest BCUT2D eigenvalue weighted by atomic mass is 10.2. The van der Waals surface area contributed by atoms with E-state index in [4.69, 9.17) is 4.74 Å². The van der Waals surface area contributed by atoms with Gasteiger partial charge in [-0.2, -0.15) is 0 Å². The summed E-state index contributed by atoms with van der Waals surface area (Å²) in [6.07, 6.45) is 7.76. The van der Waals surface area contributed by atoms with Gasteiger partial charge in [0, 0.05) is 30.4 Å². The second kappa shape index (κ2) is 7.95. The minimum Gasteiger partial charge on any atom is -0.487 e. The molecule has 0 aliphatic rings. The van der Waals surface area contributed by atoms with Crippen molar-refractivity contribution >= 4 is 17.2 Å². The van der Waals surface area contributed by atoms with Gasteiger partial charge in [0.05, 0.1) is 17.9 Å². The number of carbonyl (C=O) groups excluding carboxylic acids is 1. The molecule has 0 atom stereocenters. The minimum atomic E-state index is -0.174. The van der Waals surface area contributed by atoms with Crippen molar-refractivity contribution in [2.75, 3.05) is 0 Å². The summed E-state index contributed by atoms with van der Waals surface area (Å²) >= 11 is 0. The van der Waals surface area contributed by atoms with Gasteiger partial charge in [0.1, 0.15) is 23.7 Å². The molecule has 0 radical (unpaired) electrons. The number of carbonyl (C=O) groups is 1. The van der Waals surface area contributed by atoms with E-state index in [2.05, 4.69) is 15.3 Å². The van der Waals surface area contributed by atoms with Crippen molar-refractivity contribution in [2.45, 2.75) is 20.1 Å². The molecule has 0 aliphatic carbocycles. The van der Waals surface area contributed by atoms with E-state index in [9.17, 15) is 4.79 Å². The second-order valence-electron chi connectivity index (χ2n) is 7.35. The first-order chi connectivity index (χ1) is 15.2. The van der Waals surface area contributed by atoms with Crippen molar-refractivity contribution in [3.63, 3.8) is 0 Å². The van der Waals surface area contributed by atoms with Gasteiger partial charge in [0.2, 0.25) is 0 Å². The predicted molar refractivity (Wildman–Crippen MR) is 117 cm³/mol. The largest absolute Gasteiger partial charge is 0.487 e. The van der Waals surface area contributed by atoms with Crippen molar-refractivity contribution in [2.24, 2.45) is 0 Å². The zero-order valence-electron chi connectivity index (χ0n) is 17.0.